The van der Waals surface area contributed by atoms with Crippen LogP contribution in [0, 0.1) is 0 Å². The number of aromatic amines is 1. The average molecular weight is 356 g/mol. The van der Waals surface area contributed by atoms with Gasteiger partial charge in [-0.2, -0.15) is 0 Å². The summed E-state index contributed by atoms with van der Waals surface area (Å²) >= 11 is 0. The van der Waals surface area contributed by atoms with Crippen LogP contribution in [0.15, 0.2) is 54.7 Å². The number of hydrogen-bond donors (Lipinski definition) is 5. The zero-order valence-corrected chi connectivity index (χ0v) is 14.4. The molecule has 1 unspecified atom stereocenters. The molecule has 0 aliphatic carbocycles. The molecule has 6 nitrogen and oxygen atoms in total. The number of phenolic OH excluding ortho intramolecular Hbond substituents is 1. The molecule has 138 valence electrons. The molecule has 3 aromatic rings. The summed E-state index contributed by atoms with van der Waals surface area (Å²) in [5.74, 6) is 0.946. The Morgan fingerprint density at radius 1 is 1.04 bits per heavy atom. The Balaban J connectivity index is 1.38. The molecule has 0 aliphatic rings. The maximum absolute atomic E-state index is 10.1. The first-order chi connectivity index (χ1) is 12.6. The number of rotatable bonds is 9. The lowest BCUT2D eigenvalue weighted by atomic mass is 10.1. The fraction of sp³-hybridized carbons (Fsp3) is 0.300. The Bertz CT molecular complexity index is 816. The maximum Gasteiger partial charge on any atom is 0.128 e. The van der Waals surface area contributed by atoms with Crippen LogP contribution in [0.3, 0.4) is 0 Å². The van der Waals surface area contributed by atoms with Crippen molar-refractivity contribution >= 4 is 10.9 Å². The first kappa shape index (κ1) is 18.3. The Labute approximate surface area is 152 Å². The number of H-pyrrole nitrogens is 1. The molecule has 1 aromatic heterocycles. The summed E-state index contributed by atoms with van der Waals surface area (Å²) in [6.07, 6.45) is 1.59. The van der Waals surface area contributed by atoms with E-state index in [0.717, 1.165) is 22.2 Å². The number of aliphatic hydroxyl groups excluding tert-OH is 2. The van der Waals surface area contributed by atoms with Gasteiger partial charge in [-0.15, -0.1) is 0 Å². The predicted molar refractivity (Wildman–Crippen MR) is 100 cm³/mol. The van der Waals surface area contributed by atoms with Gasteiger partial charge in [0, 0.05) is 23.6 Å². The molecular formula is C20H24N2O4. The number of aliphatic hydroxyl groups is 2. The molecule has 3 rings (SSSR count). The van der Waals surface area contributed by atoms with Crippen molar-refractivity contribution in [2.75, 3.05) is 13.2 Å². The van der Waals surface area contributed by atoms with E-state index in [4.69, 9.17) is 4.74 Å². The van der Waals surface area contributed by atoms with E-state index in [2.05, 4.69) is 10.3 Å². The highest BCUT2D eigenvalue weighted by Gasteiger charge is 2.11. The van der Waals surface area contributed by atoms with Crippen LogP contribution in [-0.2, 0) is 6.42 Å². The van der Waals surface area contributed by atoms with Crippen LogP contribution < -0.4 is 10.1 Å². The van der Waals surface area contributed by atoms with Gasteiger partial charge < -0.3 is 25.0 Å². The second kappa shape index (κ2) is 8.71. The van der Waals surface area contributed by atoms with Crippen molar-refractivity contribution in [2.45, 2.75) is 25.2 Å². The maximum atomic E-state index is 10.1. The van der Waals surface area contributed by atoms with E-state index < -0.39 is 12.3 Å². The Morgan fingerprint density at radius 2 is 1.85 bits per heavy atom. The van der Waals surface area contributed by atoms with Crippen LogP contribution in [0.4, 0.5) is 0 Å². The van der Waals surface area contributed by atoms with Crippen LogP contribution in [0.5, 0.6) is 11.5 Å². The normalized spacial score (nSPS) is 13.6. The number of phenols is 1. The van der Waals surface area contributed by atoms with Crippen molar-refractivity contribution in [3.05, 3.63) is 60.3 Å². The summed E-state index contributed by atoms with van der Waals surface area (Å²) < 4.78 is 5.70. The van der Waals surface area contributed by atoms with Crippen molar-refractivity contribution in [3.63, 3.8) is 0 Å². The fourth-order valence-electron chi connectivity index (χ4n) is 2.77. The average Bonchev–Trinajstić information content (AvgIpc) is 3.13. The molecular weight excluding hydrogens is 332 g/mol. The third kappa shape index (κ3) is 4.98. The van der Waals surface area contributed by atoms with E-state index in [1.54, 1.807) is 12.1 Å². The molecule has 6 heteroatoms. The number of nitrogens with one attached hydrogen (secondary N) is 2. The number of fused-ring (bicyclic) bond motifs is 1. The molecule has 0 saturated heterocycles. The number of ether oxygens (including phenoxy) is 1. The van der Waals surface area contributed by atoms with E-state index in [1.165, 1.54) is 0 Å². The third-order valence-electron chi connectivity index (χ3n) is 4.22. The van der Waals surface area contributed by atoms with Crippen molar-refractivity contribution in [3.8, 4) is 11.5 Å². The molecule has 0 amide bonds. The summed E-state index contributed by atoms with van der Waals surface area (Å²) in [4.78, 5) is 3.12. The largest absolute Gasteiger partial charge is 0.508 e. The van der Waals surface area contributed by atoms with Crippen molar-refractivity contribution in [1.82, 2.24) is 10.3 Å². The van der Waals surface area contributed by atoms with Gasteiger partial charge in [0.2, 0.25) is 0 Å². The molecule has 0 aliphatic heterocycles. The van der Waals surface area contributed by atoms with E-state index in [0.29, 0.717) is 12.8 Å². The minimum Gasteiger partial charge on any atom is -0.508 e. The molecule has 0 fully saturated rings. The molecule has 0 radical (unpaired) electrons. The zero-order valence-electron chi connectivity index (χ0n) is 14.4. The van der Waals surface area contributed by atoms with Gasteiger partial charge >= 0.3 is 0 Å². The van der Waals surface area contributed by atoms with Gasteiger partial charge in [-0.3, -0.25) is 5.32 Å². The van der Waals surface area contributed by atoms with Gasteiger partial charge in [0.1, 0.15) is 30.4 Å². The Morgan fingerprint density at radius 3 is 2.65 bits per heavy atom. The molecule has 2 aromatic carbocycles. The first-order valence-electron chi connectivity index (χ1n) is 8.68. The monoisotopic (exact) mass is 356 g/mol. The molecule has 1 heterocycles. The Hall–Kier alpha value is -2.54. The summed E-state index contributed by atoms with van der Waals surface area (Å²) in [7, 11) is 0. The number of aryl methyl sites for hydroxylation is 1. The van der Waals surface area contributed by atoms with Gasteiger partial charge in [-0.1, -0.05) is 18.2 Å². The van der Waals surface area contributed by atoms with Gasteiger partial charge in [0.25, 0.3) is 0 Å². The number of aromatic hydroxyl groups is 1. The minimum atomic E-state index is -0.729. The molecule has 0 spiro atoms. The van der Waals surface area contributed by atoms with Crippen molar-refractivity contribution < 1.29 is 20.1 Å². The van der Waals surface area contributed by atoms with Gasteiger partial charge in [-0.25, -0.2) is 0 Å². The fourth-order valence-corrected chi connectivity index (χ4v) is 2.77. The van der Waals surface area contributed by atoms with E-state index >= 15 is 0 Å². The van der Waals surface area contributed by atoms with E-state index in [9.17, 15) is 15.3 Å². The van der Waals surface area contributed by atoms with E-state index in [1.807, 2.05) is 42.6 Å². The van der Waals surface area contributed by atoms with Crippen molar-refractivity contribution in [1.29, 1.82) is 0 Å². The van der Waals surface area contributed by atoms with Crippen molar-refractivity contribution in [2.24, 2.45) is 0 Å². The summed E-state index contributed by atoms with van der Waals surface area (Å²) in [5, 5.41) is 33.2. The van der Waals surface area contributed by atoms with Gasteiger partial charge in [0.15, 0.2) is 0 Å². The quantitative estimate of drug-likeness (QED) is 0.379. The molecule has 0 bridgehead atoms. The van der Waals surface area contributed by atoms with Crippen LogP contribution >= 0.6 is 0 Å². The second-order valence-electron chi connectivity index (χ2n) is 6.29. The molecule has 26 heavy (non-hydrogen) atoms. The third-order valence-corrected chi connectivity index (χ3v) is 4.22. The summed E-state index contributed by atoms with van der Waals surface area (Å²) in [6.45, 7) is 0.377. The topological polar surface area (TPSA) is 97.7 Å². The lowest BCUT2D eigenvalue weighted by molar-refractivity contribution is 0.0715. The summed E-state index contributed by atoms with van der Waals surface area (Å²) in [5.41, 5.74) is 2.02. The lowest BCUT2D eigenvalue weighted by Crippen LogP contribution is -2.38. The zero-order chi connectivity index (χ0) is 18.4. The first-order valence-corrected chi connectivity index (χ1v) is 8.68. The van der Waals surface area contributed by atoms with Crippen LogP contribution in [0.25, 0.3) is 10.9 Å². The smallest absolute Gasteiger partial charge is 0.128 e. The SMILES string of the molecule is Oc1ccc(CC[C@H](O)NCC(O)COc2cccc3[nH]ccc23)cc1. The molecule has 0 saturated carbocycles. The van der Waals surface area contributed by atoms with E-state index in [-0.39, 0.29) is 18.9 Å². The highest BCUT2D eigenvalue weighted by molar-refractivity contribution is 5.85. The standard InChI is InChI=1S/C20H24N2O4/c23-15-7-4-14(5-8-15)6-9-20(25)22-12-16(24)13-26-19-3-1-2-18-17(19)10-11-21-18/h1-5,7-8,10-11,16,20-25H,6,9,12-13H2/t16?,20-/m0/s1. The van der Waals surface area contributed by atoms with Gasteiger partial charge in [-0.05, 0) is 48.7 Å². The Kier molecular flexibility index (Phi) is 6.12. The highest BCUT2D eigenvalue weighted by atomic mass is 16.5. The molecule has 5 N–H and O–H groups in total. The summed E-state index contributed by atoms with van der Waals surface area (Å²) in [6, 6.07) is 14.6. The van der Waals surface area contributed by atoms with Crippen LogP contribution in [0.1, 0.15) is 12.0 Å². The predicted octanol–water partition coefficient (Wildman–Crippen LogP) is 2.15. The molecule has 2 atom stereocenters. The number of benzene rings is 2. The van der Waals surface area contributed by atoms with Crippen LogP contribution in [-0.4, -0.2) is 45.8 Å². The lowest BCUT2D eigenvalue weighted by Gasteiger charge is -2.17. The van der Waals surface area contributed by atoms with Crippen LogP contribution in [0.2, 0.25) is 0 Å². The van der Waals surface area contributed by atoms with Gasteiger partial charge in [0.05, 0.1) is 0 Å². The number of aromatic nitrogens is 1. The second-order valence-corrected chi connectivity index (χ2v) is 6.29. The number of hydrogen-bond acceptors (Lipinski definition) is 5. The minimum absolute atomic E-state index is 0.141. The highest BCUT2D eigenvalue weighted by Crippen LogP contribution is 2.24.